The Bertz CT molecular complexity index is 1660. The summed E-state index contributed by atoms with van der Waals surface area (Å²) in [6.45, 7) is 17.1. The topological polar surface area (TPSA) is 114 Å². The average Bonchev–Trinajstić information content (AvgIpc) is 3.00. The van der Waals surface area contributed by atoms with E-state index in [1.807, 2.05) is 37.3 Å². The van der Waals surface area contributed by atoms with Crippen LogP contribution in [0.3, 0.4) is 0 Å². The van der Waals surface area contributed by atoms with E-state index >= 15 is 0 Å². The molecule has 2 aromatic carbocycles. The van der Waals surface area contributed by atoms with E-state index in [4.69, 9.17) is 9.47 Å². The number of rotatable bonds is 16. The monoisotopic (exact) mass is 585 g/mol. The van der Waals surface area contributed by atoms with E-state index in [9.17, 15) is 9.18 Å². The number of fused-ring (bicyclic) bond motifs is 1. The molecule has 0 aliphatic heterocycles. The average molecular weight is 586 g/mol. The summed E-state index contributed by atoms with van der Waals surface area (Å²) < 4.78 is 28.3. The Balaban J connectivity index is 2.28. The van der Waals surface area contributed by atoms with Crippen LogP contribution in [0, 0.1) is 6.92 Å². The quantitative estimate of drug-likeness (QED) is 0.114. The van der Waals surface area contributed by atoms with Crippen LogP contribution in [0.5, 0.6) is 11.5 Å². The minimum absolute atomic E-state index is 0.0110. The van der Waals surface area contributed by atoms with Gasteiger partial charge in [-0.05, 0) is 23.6 Å². The van der Waals surface area contributed by atoms with Crippen LogP contribution >= 0.6 is 0 Å². The summed E-state index contributed by atoms with van der Waals surface area (Å²) in [6, 6.07) is 13.0. The molecule has 0 unspecified atom stereocenters. The summed E-state index contributed by atoms with van der Waals surface area (Å²) in [6.07, 6.45) is 2.99. The van der Waals surface area contributed by atoms with Gasteiger partial charge in [0.15, 0.2) is 0 Å². The van der Waals surface area contributed by atoms with Crippen LogP contribution < -0.4 is 25.9 Å². The molecular weight excluding hydrogens is 549 g/mol. The van der Waals surface area contributed by atoms with Gasteiger partial charge < -0.3 is 14.0 Å². The van der Waals surface area contributed by atoms with Crippen molar-refractivity contribution in [3.63, 3.8) is 0 Å². The molecule has 0 aliphatic rings. The maximum absolute atomic E-state index is 14.4. The summed E-state index contributed by atoms with van der Waals surface area (Å²) >= 11 is 0. The lowest BCUT2D eigenvalue weighted by molar-refractivity contribution is 0.328. The minimum atomic E-state index is -0.641. The van der Waals surface area contributed by atoms with E-state index in [0.29, 0.717) is 44.9 Å². The second kappa shape index (κ2) is 15.6. The molecule has 0 saturated heterocycles. The van der Waals surface area contributed by atoms with Gasteiger partial charge in [0, 0.05) is 29.5 Å². The molecule has 0 amide bonds. The van der Waals surface area contributed by atoms with E-state index in [0.717, 1.165) is 5.56 Å². The fourth-order valence-electron chi connectivity index (χ4n) is 4.30. The molecule has 224 valence electrons. The Morgan fingerprint density at radius 3 is 2.21 bits per heavy atom. The fraction of sp³-hybridized carbons (Fsp3) is 0.219. The van der Waals surface area contributed by atoms with Crippen LogP contribution in [-0.2, 0) is 13.0 Å². The molecule has 10 nitrogen and oxygen atoms in total. The Kier molecular flexibility index (Phi) is 11.7. The van der Waals surface area contributed by atoms with Crippen LogP contribution in [0.25, 0.3) is 10.9 Å². The standard InChI is InChI=1S/C32H36FN7O3/c1-8-12-26(24(5)33)15-28-23(4)31-29(40(32(28)41)18-25-13-10-9-11-14-25)16-27(42-19-21(2)36-38-34-6)17-30(31)43-20-22(3)37-39-35-7/h8-14,16-17H,1-3,5,15,18-20H2,4,6-7H3,(H,34,36)(H,35,37)/b26-12-. The molecule has 2 N–H and O–H groups in total. The van der Waals surface area contributed by atoms with Crippen molar-refractivity contribution in [3.8, 4) is 11.5 Å². The summed E-state index contributed by atoms with van der Waals surface area (Å²) in [4.78, 5) is 14.1. The number of pyridine rings is 1. The van der Waals surface area contributed by atoms with Gasteiger partial charge in [-0.2, -0.15) is 10.2 Å². The van der Waals surface area contributed by atoms with Gasteiger partial charge in [-0.1, -0.05) is 79.2 Å². The first-order chi connectivity index (χ1) is 20.7. The number of nitrogens with zero attached hydrogens (tertiary/aromatic N) is 5. The van der Waals surface area contributed by atoms with Crippen molar-refractivity contribution >= 4 is 10.9 Å². The van der Waals surface area contributed by atoms with Crippen molar-refractivity contribution in [3.05, 3.63) is 131 Å². The van der Waals surface area contributed by atoms with Gasteiger partial charge in [-0.25, -0.2) is 4.39 Å². The predicted octanol–water partition coefficient (Wildman–Crippen LogP) is 6.45. The smallest absolute Gasteiger partial charge is 0.255 e. The zero-order valence-electron chi connectivity index (χ0n) is 24.7. The molecule has 0 saturated carbocycles. The van der Waals surface area contributed by atoms with Crippen LogP contribution in [-0.4, -0.2) is 31.9 Å². The van der Waals surface area contributed by atoms with E-state index in [-0.39, 0.29) is 37.3 Å². The van der Waals surface area contributed by atoms with Crippen LogP contribution in [0.4, 0.5) is 4.39 Å². The van der Waals surface area contributed by atoms with Crippen molar-refractivity contribution in [1.82, 2.24) is 15.4 Å². The lowest BCUT2D eigenvalue weighted by Gasteiger charge is -2.21. The highest BCUT2D eigenvalue weighted by Gasteiger charge is 2.21. The third-order valence-electron chi connectivity index (χ3n) is 6.33. The highest BCUT2D eigenvalue weighted by molar-refractivity contribution is 5.91. The molecule has 3 rings (SSSR count). The number of benzene rings is 2. The number of hydrogen-bond donors (Lipinski definition) is 2. The molecule has 3 aromatic rings. The number of aryl methyl sites for hydroxylation is 1. The first-order valence-corrected chi connectivity index (χ1v) is 13.3. The van der Waals surface area contributed by atoms with Gasteiger partial charge in [-0.3, -0.25) is 15.6 Å². The molecule has 1 aromatic heterocycles. The normalized spacial score (nSPS) is 11.6. The molecule has 1 heterocycles. The van der Waals surface area contributed by atoms with Crippen LogP contribution in [0.2, 0.25) is 0 Å². The SMILES string of the molecule is C=C/C=C(/Cc1c(C)c2c(OCC(=C)NN=NC)cc(OCC(=C)NN=NC)cc2n(Cc2ccccc2)c1=O)C(=C)F. The molecular formula is C32H36FN7O3. The third kappa shape index (κ3) is 8.59. The van der Waals surface area contributed by atoms with Crippen molar-refractivity contribution < 1.29 is 13.9 Å². The first kappa shape index (κ1) is 32.2. The van der Waals surface area contributed by atoms with E-state index < -0.39 is 5.83 Å². The van der Waals surface area contributed by atoms with Crippen molar-refractivity contribution in [2.45, 2.75) is 19.9 Å². The van der Waals surface area contributed by atoms with Crippen LogP contribution in [0.15, 0.2) is 129 Å². The van der Waals surface area contributed by atoms with Gasteiger partial charge in [0.25, 0.3) is 5.56 Å². The van der Waals surface area contributed by atoms with Gasteiger partial charge in [0.2, 0.25) is 0 Å². The van der Waals surface area contributed by atoms with Crippen LogP contribution in [0.1, 0.15) is 16.7 Å². The van der Waals surface area contributed by atoms with Crippen molar-refractivity contribution in [1.29, 1.82) is 0 Å². The highest BCUT2D eigenvalue weighted by atomic mass is 19.1. The maximum atomic E-state index is 14.4. The number of hydrogen-bond acceptors (Lipinski definition) is 7. The second-order valence-electron chi connectivity index (χ2n) is 9.41. The number of ether oxygens (including phenoxy) is 2. The lowest BCUT2D eigenvalue weighted by Crippen LogP contribution is -2.27. The molecule has 0 radical (unpaired) electrons. The number of allylic oxidation sites excluding steroid dienone is 4. The van der Waals surface area contributed by atoms with Gasteiger partial charge in [-0.15, -0.1) is 0 Å². The molecule has 0 fully saturated rings. The summed E-state index contributed by atoms with van der Waals surface area (Å²) in [5.74, 6) is 0.200. The lowest BCUT2D eigenvalue weighted by atomic mass is 9.96. The Labute approximate surface area is 250 Å². The first-order valence-electron chi connectivity index (χ1n) is 13.3. The maximum Gasteiger partial charge on any atom is 0.255 e. The number of aromatic nitrogens is 1. The molecule has 43 heavy (non-hydrogen) atoms. The fourth-order valence-corrected chi connectivity index (χ4v) is 4.30. The number of nitrogens with one attached hydrogen (secondary N) is 2. The molecule has 0 spiro atoms. The highest BCUT2D eigenvalue weighted by Crippen LogP contribution is 2.35. The molecule has 11 heteroatoms. The summed E-state index contributed by atoms with van der Waals surface area (Å²) in [7, 11) is 3.05. The Morgan fingerprint density at radius 2 is 1.63 bits per heavy atom. The Morgan fingerprint density at radius 1 is 1.00 bits per heavy atom. The van der Waals surface area contributed by atoms with Gasteiger partial charge >= 0.3 is 0 Å². The molecule has 0 bridgehead atoms. The summed E-state index contributed by atoms with van der Waals surface area (Å²) in [5.41, 5.74) is 8.77. The Hall–Kier alpha value is -5.32. The largest absolute Gasteiger partial charge is 0.487 e. The van der Waals surface area contributed by atoms with Crippen molar-refractivity contribution in [2.24, 2.45) is 20.7 Å². The molecule has 0 atom stereocenters. The molecule has 0 aliphatic carbocycles. The number of halogens is 1. The zero-order chi connectivity index (χ0) is 31.4. The van der Waals surface area contributed by atoms with Gasteiger partial charge in [0.05, 0.1) is 37.6 Å². The van der Waals surface area contributed by atoms with E-state index in [2.05, 4.69) is 57.8 Å². The second-order valence-corrected chi connectivity index (χ2v) is 9.41. The van der Waals surface area contributed by atoms with Crippen molar-refractivity contribution in [2.75, 3.05) is 27.3 Å². The third-order valence-corrected chi connectivity index (χ3v) is 6.33. The van der Waals surface area contributed by atoms with Gasteiger partial charge in [0.1, 0.15) is 30.5 Å². The minimum Gasteiger partial charge on any atom is -0.487 e. The van der Waals surface area contributed by atoms with E-state index in [1.165, 1.54) is 26.2 Å². The predicted molar refractivity (Wildman–Crippen MR) is 168 cm³/mol. The van der Waals surface area contributed by atoms with E-state index in [1.54, 1.807) is 16.7 Å². The summed E-state index contributed by atoms with van der Waals surface area (Å²) in [5, 5.41) is 15.4. The zero-order valence-corrected chi connectivity index (χ0v) is 24.7.